The first-order chi connectivity index (χ1) is 30.5. The second-order valence-corrected chi connectivity index (χ2v) is 14.6. The lowest BCUT2D eigenvalue weighted by molar-refractivity contribution is -0.256. The lowest BCUT2D eigenvalue weighted by atomic mass is 9.86. The summed E-state index contributed by atoms with van der Waals surface area (Å²) >= 11 is 0. The fraction of sp³-hybridized carbons (Fsp3) is 0.111. The molecule has 0 saturated carbocycles. The molecule has 20 nitrogen and oxygen atoms in total. The van der Waals surface area contributed by atoms with Crippen LogP contribution in [-0.4, -0.2) is 59.7 Å². The van der Waals surface area contributed by atoms with Crippen LogP contribution in [0.2, 0.25) is 0 Å². The average Bonchev–Trinajstić information content (AvgIpc) is 3.21. The number of carboxylic acid groups (broad SMARTS) is 10. The molecule has 0 fully saturated rings. The molecule has 10 aliphatic carbocycles. The van der Waals surface area contributed by atoms with Gasteiger partial charge >= 0.3 is 0 Å². The first kappa shape index (κ1) is 45.3. The maximum atomic E-state index is 12.5. The van der Waals surface area contributed by atoms with Gasteiger partial charge in [0, 0.05) is 55.6 Å². The number of hydrogen-bond acceptors (Lipinski definition) is 20. The summed E-state index contributed by atoms with van der Waals surface area (Å²) in [7, 11) is 0. The van der Waals surface area contributed by atoms with Gasteiger partial charge in [0.2, 0.25) is 0 Å². The Bertz CT molecular complexity index is 2370. The van der Waals surface area contributed by atoms with Crippen molar-refractivity contribution >= 4 is 59.7 Å². The van der Waals surface area contributed by atoms with E-state index < -0.39 is 203 Å². The van der Waals surface area contributed by atoms with Crippen molar-refractivity contribution < 1.29 is 99.0 Å². The van der Waals surface area contributed by atoms with Gasteiger partial charge in [-0.1, -0.05) is 0 Å². The zero-order valence-corrected chi connectivity index (χ0v) is 32.5. The Morgan fingerprint density at radius 1 is 0.200 bits per heavy atom. The molecule has 0 N–H and O–H groups in total. The van der Waals surface area contributed by atoms with E-state index in [1.807, 2.05) is 0 Å². The molecule has 10 bridgehead atoms. The van der Waals surface area contributed by atoms with Gasteiger partial charge in [0.25, 0.3) is 0 Å². The highest BCUT2D eigenvalue weighted by Crippen LogP contribution is 2.32. The molecule has 0 atom stereocenters. The minimum absolute atomic E-state index is 0.567. The third-order valence-corrected chi connectivity index (χ3v) is 10.7. The zero-order valence-electron chi connectivity index (χ0n) is 32.5. The number of aromatic carboxylic acids is 10. The molecule has 0 spiro atoms. The fourth-order valence-electron chi connectivity index (χ4n) is 7.84. The molecule has 5 aromatic carbocycles. The quantitative estimate of drug-likeness (QED) is 0.123. The number of hydrogen-bond donors (Lipinski definition) is 0. The summed E-state index contributed by atoms with van der Waals surface area (Å²) in [5, 5.41) is 125. The minimum Gasteiger partial charge on any atom is -0.545 e. The molecular formula is C45H20O20-10. The topological polar surface area (TPSA) is 401 Å². The van der Waals surface area contributed by atoms with E-state index in [9.17, 15) is 99.0 Å². The molecule has 0 unspecified atom stereocenters. The number of carbonyl (C=O) groups is 10. The van der Waals surface area contributed by atoms with Gasteiger partial charge in [-0.15, -0.1) is 0 Å². The van der Waals surface area contributed by atoms with Gasteiger partial charge < -0.3 is 99.0 Å². The maximum Gasteiger partial charge on any atom is 0.0718 e. The van der Waals surface area contributed by atoms with E-state index >= 15 is 0 Å². The normalized spacial score (nSPS) is 12.0. The van der Waals surface area contributed by atoms with Crippen LogP contribution in [0, 0.1) is 0 Å². The lowest BCUT2D eigenvalue weighted by Crippen LogP contribution is -2.30. The van der Waals surface area contributed by atoms with Crippen LogP contribution in [0.4, 0.5) is 0 Å². The summed E-state index contributed by atoms with van der Waals surface area (Å²) in [6.07, 6.45) is -4.60. The summed E-state index contributed by atoms with van der Waals surface area (Å²) in [4.78, 5) is 125. The number of carboxylic acids is 10. The third kappa shape index (κ3) is 8.93. The van der Waals surface area contributed by atoms with Crippen LogP contribution in [0.25, 0.3) is 0 Å². The molecule has 0 aromatic heterocycles. The highest BCUT2D eigenvalue weighted by molar-refractivity contribution is 5.99. The van der Waals surface area contributed by atoms with E-state index in [0.717, 1.165) is 0 Å². The van der Waals surface area contributed by atoms with Crippen molar-refractivity contribution in [3.05, 3.63) is 172 Å². The first-order valence-corrected chi connectivity index (χ1v) is 18.4. The molecule has 0 heterocycles. The Labute approximate surface area is 362 Å². The van der Waals surface area contributed by atoms with Crippen LogP contribution in [0.3, 0.4) is 0 Å². The molecule has 0 saturated heterocycles. The summed E-state index contributed by atoms with van der Waals surface area (Å²) < 4.78 is 0. The van der Waals surface area contributed by atoms with Crippen molar-refractivity contribution in [2.75, 3.05) is 0 Å². The minimum atomic E-state index is -2.05. The Hall–Kier alpha value is -9.20. The summed E-state index contributed by atoms with van der Waals surface area (Å²) in [6.45, 7) is 0. The lowest BCUT2D eigenvalue weighted by Gasteiger charge is -2.23. The Morgan fingerprint density at radius 3 is 0.338 bits per heavy atom. The molecule has 65 heavy (non-hydrogen) atoms. The van der Waals surface area contributed by atoms with E-state index in [4.69, 9.17) is 0 Å². The SMILES string of the molecule is O=C([O-])c1cc2c(C(=O)[O-])cc1Cc1cc(C(=O)[O-])c(cc1C(=O)[O-])Cc1cc(C(=O)[O-])c(cc1C(=O)[O-])Cc1cc(C(=O)[O-])c(cc1C(=O)[O-])Cc1cc(C(=O)[O-])c(cc1C(=O)[O-])C2. The summed E-state index contributed by atoms with van der Waals surface area (Å²) in [5.41, 5.74) is -14.5. The van der Waals surface area contributed by atoms with Crippen molar-refractivity contribution in [2.24, 2.45) is 0 Å². The molecule has 5 aromatic rings. The van der Waals surface area contributed by atoms with Crippen molar-refractivity contribution in [2.45, 2.75) is 32.1 Å². The standard InChI is InChI=1S/C45H30O20/c46-36(47)26-8-18-2-20-10-32(42(58)59)22(12-30(20)40(54)55)4-24-14-35(45(64)65)25(15-34(24)44(62)63)5-23-13-31(41(56)57)21(11-33(23)43(60)61)3-19-9-27(37(48)49)17(7-29(19)39(52)53)1-16(26)6-28(18)38(50)51/h6-15H,1-5H2,(H,46,47)(H,48,49)(H,50,51)(H,52,53)(H,54,55)(H,56,57)(H,58,59)(H,60,61)(H,62,63)(H,64,65)/p-10. The van der Waals surface area contributed by atoms with E-state index in [0.29, 0.717) is 60.7 Å². The molecular weight excluding hydrogens is 860 g/mol. The van der Waals surface area contributed by atoms with E-state index in [1.54, 1.807) is 0 Å². The van der Waals surface area contributed by atoms with E-state index in [2.05, 4.69) is 0 Å². The van der Waals surface area contributed by atoms with Crippen molar-refractivity contribution in [3.8, 4) is 0 Å². The van der Waals surface area contributed by atoms with Gasteiger partial charge in [-0.3, -0.25) is 0 Å². The zero-order chi connectivity index (χ0) is 47.9. The number of rotatable bonds is 10. The van der Waals surface area contributed by atoms with Gasteiger partial charge in [0.15, 0.2) is 0 Å². The van der Waals surface area contributed by atoms with Gasteiger partial charge in [0.05, 0.1) is 59.7 Å². The second kappa shape index (κ2) is 17.3. The van der Waals surface area contributed by atoms with E-state index in [-0.39, 0.29) is 0 Å². The van der Waals surface area contributed by atoms with Gasteiger partial charge in [-0.25, -0.2) is 0 Å². The Morgan fingerprint density at radius 2 is 0.277 bits per heavy atom. The first-order valence-electron chi connectivity index (χ1n) is 18.4. The second-order valence-electron chi connectivity index (χ2n) is 14.6. The predicted octanol–water partition coefficient (Wildman–Crippen LogP) is -8.41. The van der Waals surface area contributed by atoms with Crippen LogP contribution in [0.1, 0.15) is 159 Å². The van der Waals surface area contributed by atoms with Crippen LogP contribution < -0.4 is 51.1 Å². The van der Waals surface area contributed by atoms with Gasteiger partial charge in [-0.05, 0) is 148 Å². The predicted molar refractivity (Wildman–Crippen MR) is 190 cm³/mol. The smallest absolute Gasteiger partial charge is 0.0718 e. The van der Waals surface area contributed by atoms with Gasteiger partial charge in [0.1, 0.15) is 0 Å². The van der Waals surface area contributed by atoms with Crippen molar-refractivity contribution in [1.29, 1.82) is 0 Å². The molecule has 10 aliphatic rings. The highest BCUT2D eigenvalue weighted by Gasteiger charge is 2.23. The molecule has 0 radical (unpaired) electrons. The largest absolute Gasteiger partial charge is 0.545 e. The van der Waals surface area contributed by atoms with Crippen LogP contribution in [-0.2, 0) is 32.1 Å². The Kier molecular flexibility index (Phi) is 12.1. The monoisotopic (exact) mass is 880 g/mol. The molecule has 0 amide bonds. The summed E-state index contributed by atoms with van der Waals surface area (Å²) in [5.74, 6) is -20.5. The fourth-order valence-corrected chi connectivity index (χ4v) is 7.84. The molecule has 15 rings (SSSR count). The molecule has 20 heteroatoms. The number of carbonyl (C=O) groups excluding carboxylic acids is 10. The van der Waals surface area contributed by atoms with Crippen LogP contribution in [0.5, 0.6) is 0 Å². The van der Waals surface area contributed by atoms with Crippen molar-refractivity contribution in [1.82, 2.24) is 0 Å². The highest BCUT2D eigenvalue weighted by atomic mass is 16.4. The van der Waals surface area contributed by atoms with Crippen molar-refractivity contribution in [3.63, 3.8) is 0 Å². The average molecular weight is 881 g/mol. The van der Waals surface area contributed by atoms with Crippen LogP contribution in [0.15, 0.2) is 60.7 Å². The molecule has 0 aliphatic heterocycles. The van der Waals surface area contributed by atoms with Crippen LogP contribution >= 0.6 is 0 Å². The maximum absolute atomic E-state index is 12.5. The van der Waals surface area contributed by atoms with E-state index in [1.165, 1.54) is 0 Å². The van der Waals surface area contributed by atoms with Gasteiger partial charge in [-0.2, -0.15) is 0 Å². The molecule has 330 valence electrons. The summed E-state index contributed by atoms with van der Waals surface area (Å²) in [6, 6.07) is 6.44. The number of benzene rings is 5. The Balaban J connectivity index is 1.77. The third-order valence-electron chi connectivity index (χ3n) is 10.7.